The van der Waals surface area contributed by atoms with Crippen molar-refractivity contribution in [2.75, 3.05) is 13.6 Å². The summed E-state index contributed by atoms with van der Waals surface area (Å²) in [4.78, 5) is 29.0. The number of carbonyl (C=O) groups excluding carboxylic acids is 2. The number of hydrogen-bond acceptors (Lipinski definition) is 7. The second-order valence-electron chi connectivity index (χ2n) is 12.4. The van der Waals surface area contributed by atoms with Crippen LogP contribution in [0.2, 0.25) is 0 Å². The Morgan fingerprint density at radius 3 is 2.31 bits per heavy atom. The molecule has 0 N–H and O–H groups in total. The van der Waals surface area contributed by atoms with Gasteiger partial charge in [0.25, 0.3) is 0 Å². The van der Waals surface area contributed by atoms with Crippen LogP contribution in [-0.4, -0.2) is 39.3 Å². The molecule has 3 aliphatic rings. The molecule has 3 aromatic heterocycles. The molecule has 0 spiro atoms. The van der Waals surface area contributed by atoms with Crippen LogP contribution in [-0.2, 0) is 5.41 Å². The zero-order valence-electron chi connectivity index (χ0n) is 24.8. The average Bonchev–Trinajstić information content (AvgIpc) is 3.83. The number of hydrogen-bond donors (Lipinski definition) is 0. The molecule has 0 atom stereocenters. The first kappa shape index (κ1) is 25.9. The van der Waals surface area contributed by atoms with E-state index in [9.17, 15) is 9.59 Å². The van der Waals surface area contributed by atoms with E-state index >= 15 is 0 Å². The van der Waals surface area contributed by atoms with E-state index in [-0.39, 0.29) is 31.6 Å². The number of rotatable bonds is 4. The molecule has 9 nitrogen and oxygen atoms in total. The molecule has 9 rings (SSSR count). The zero-order valence-corrected chi connectivity index (χ0v) is 24.8. The fraction of sp³-hybridized carbons (Fsp3) is 0.194. The lowest BCUT2D eigenvalue weighted by Crippen LogP contribution is -2.29. The van der Waals surface area contributed by atoms with Gasteiger partial charge in [0, 0.05) is 29.3 Å². The van der Waals surface area contributed by atoms with Gasteiger partial charge in [0.05, 0.1) is 27.8 Å². The number of ether oxygens (including phenoxy) is 4. The van der Waals surface area contributed by atoms with E-state index in [0.29, 0.717) is 56.4 Å². The van der Waals surface area contributed by atoms with E-state index in [1.54, 1.807) is 18.2 Å². The number of fused-ring (bicyclic) bond motifs is 4. The average molecular weight is 598 g/mol. The van der Waals surface area contributed by atoms with E-state index < -0.39 is 5.41 Å². The highest BCUT2D eigenvalue weighted by Crippen LogP contribution is 2.49. The molecule has 0 saturated heterocycles. The first-order chi connectivity index (χ1) is 21.8. The number of para-hydroxylation sites is 1. The molecule has 222 valence electrons. The molecule has 0 fully saturated rings. The number of aryl methyl sites for hydroxylation is 1. The van der Waals surface area contributed by atoms with E-state index in [1.807, 2.05) is 60.1 Å². The number of carbonyl (C=O) groups is 2. The summed E-state index contributed by atoms with van der Waals surface area (Å²) in [6, 6.07) is 20.9. The van der Waals surface area contributed by atoms with E-state index in [2.05, 4.69) is 24.4 Å². The first-order valence-corrected chi connectivity index (χ1v) is 14.8. The van der Waals surface area contributed by atoms with Crippen LogP contribution in [0.1, 0.15) is 57.8 Å². The fourth-order valence-corrected chi connectivity index (χ4v) is 7.17. The van der Waals surface area contributed by atoms with Crippen molar-refractivity contribution < 1.29 is 28.5 Å². The SMILES string of the molecule is Cc1nn(-c2ccccc2)c2c1c(C(=O)c1ccc3c(c1)OCO3)c1c3c(c(-c4ccc5c(c4)OCO5)cn32)C(C)(C)CC1=O. The molecule has 0 bridgehead atoms. The Labute approximate surface area is 257 Å². The smallest absolute Gasteiger partial charge is 0.231 e. The maximum Gasteiger partial charge on any atom is 0.231 e. The van der Waals surface area contributed by atoms with Crippen molar-refractivity contribution in [3.63, 3.8) is 0 Å². The maximum absolute atomic E-state index is 14.7. The first-order valence-electron chi connectivity index (χ1n) is 14.8. The Kier molecular flexibility index (Phi) is 5.17. The van der Waals surface area contributed by atoms with Gasteiger partial charge in [0.1, 0.15) is 5.65 Å². The molecule has 0 saturated carbocycles. The highest BCUT2D eigenvalue weighted by molar-refractivity contribution is 6.26. The Balaban J connectivity index is 1.43. The normalized spacial score (nSPS) is 15.8. The quantitative estimate of drug-likeness (QED) is 0.206. The summed E-state index contributed by atoms with van der Waals surface area (Å²) < 4.78 is 26.4. The van der Waals surface area contributed by atoms with Crippen LogP contribution in [0.15, 0.2) is 72.9 Å². The third-order valence-electron chi connectivity index (χ3n) is 9.11. The molecular weight excluding hydrogens is 570 g/mol. The number of ketones is 2. The lowest BCUT2D eigenvalue weighted by atomic mass is 9.71. The van der Waals surface area contributed by atoms with Gasteiger partial charge in [-0.25, -0.2) is 4.68 Å². The summed E-state index contributed by atoms with van der Waals surface area (Å²) in [5.41, 5.74) is 6.47. The van der Waals surface area contributed by atoms with Crippen LogP contribution in [0.3, 0.4) is 0 Å². The minimum atomic E-state index is -0.524. The maximum atomic E-state index is 14.7. The second kappa shape index (κ2) is 8.98. The number of pyridine rings is 1. The molecule has 0 radical (unpaired) electrons. The second-order valence-corrected chi connectivity index (χ2v) is 12.4. The molecule has 0 unspecified atom stereocenters. The topological polar surface area (TPSA) is 93.3 Å². The van der Waals surface area contributed by atoms with Crippen molar-refractivity contribution in [2.45, 2.75) is 32.6 Å². The Morgan fingerprint density at radius 1 is 0.867 bits per heavy atom. The summed E-state index contributed by atoms with van der Waals surface area (Å²) in [5.74, 6) is 2.12. The Morgan fingerprint density at radius 2 is 1.56 bits per heavy atom. The highest BCUT2D eigenvalue weighted by Gasteiger charge is 2.42. The molecule has 6 aromatic rings. The van der Waals surface area contributed by atoms with Crippen molar-refractivity contribution >= 4 is 28.1 Å². The van der Waals surface area contributed by atoms with Crippen molar-refractivity contribution in [2.24, 2.45) is 0 Å². The third-order valence-corrected chi connectivity index (χ3v) is 9.11. The Hall–Kier alpha value is -5.57. The van der Waals surface area contributed by atoms with Gasteiger partial charge >= 0.3 is 0 Å². The fourth-order valence-electron chi connectivity index (χ4n) is 7.17. The predicted octanol–water partition coefficient (Wildman–Crippen LogP) is 6.81. The molecule has 45 heavy (non-hydrogen) atoms. The predicted molar refractivity (Wildman–Crippen MR) is 166 cm³/mol. The number of Topliss-reactive ketones (excluding diaryl/α,β-unsaturated/α-hetero) is 1. The van der Waals surface area contributed by atoms with Crippen LogP contribution in [0.25, 0.3) is 33.4 Å². The molecule has 3 aromatic carbocycles. The zero-order chi connectivity index (χ0) is 30.6. The van der Waals surface area contributed by atoms with E-state index in [4.69, 9.17) is 24.0 Å². The molecular formula is C36H27N3O6. The van der Waals surface area contributed by atoms with Gasteiger partial charge in [-0.3, -0.25) is 14.0 Å². The minimum Gasteiger partial charge on any atom is -0.454 e. The number of nitrogens with zero attached hydrogens (tertiary/aromatic N) is 3. The van der Waals surface area contributed by atoms with Crippen molar-refractivity contribution in [1.82, 2.24) is 14.2 Å². The van der Waals surface area contributed by atoms with E-state index in [1.165, 1.54) is 0 Å². The highest BCUT2D eigenvalue weighted by atomic mass is 16.7. The number of aromatic nitrogens is 3. The molecule has 0 amide bonds. The lowest BCUT2D eigenvalue weighted by Gasteiger charge is -2.31. The molecule has 1 aliphatic carbocycles. The summed E-state index contributed by atoms with van der Waals surface area (Å²) in [7, 11) is 0. The molecule has 9 heteroatoms. The van der Waals surface area contributed by atoms with Crippen LogP contribution in [0, 0.1) is 6.92 Å². The van der Waals surface area contributed by atoms with Crippen LogP contribution in [0.5, 0.6) is 23.0 Å². The number of benzene rings is 3. The van der Waals surface area contributed by atoms with Crippen LogP contribution in [0.4, 0.5) is 0 Å². The Bertz CT molecular complexity index is 2280. The van der Waals surface area contributed by atoms with Crippen LogP contribution >= 0.6 is 0 Å². The standard InChI is InChI=1S/C36H27N3O6/c1-19-29-31(34(41)21-10-12-26-28(14-21)45-18-43-26)30-24(40)15-36(2,3)32-23(20-9-11-25-27(13-20)44-17-42-25)16-38(33(30)32)35(29)39(37-19)22-7-5-4-6-8-22/h4-14,16H,15,17-18H2,1-3H3. The van der Waals surface area contributed by atoms with E-state index in [0.717, 1.165) is 27.9 Å². The van der Waals surface area contributed by atoms with Gasteiger partial charge in [-0.1, -0.05) is 38.1 Å². The third kappa shape index (κ3) is 3.58. The summed E-state index contributed by atoms with van der Waals surface area (Å²) in [6.07, 6.45) is 2.32. The van der Waals surface area contributed by atoms with Crippen molar-refractivity contribution in [1.29, 1.82) is 0 Å². The monoisotopic (exact) mass is 597 g/mol. The van der Waals surface area contributed by atoms with Gasteiger partial charge in [-0.05, 0) is 65.9 Å². The van der Waals surface area contributed by atoms with Gasteiger partial charge in [0.2, 0.25) is 13.6 Å². The van der Waals surface area contributed by atoms with Gasteiger partial charge < -0.3 is 18.9 Å². The summed E-state index contributed by atoms with van der Waals surface area (Å²) in [6.45, 7) is 6.33. The largest absolute Gasteiger partial charge is 0.454 e. The van der Waals surface area contributed by atoms with Gasteiger partial charge in [-0.15, -0.1) is 0 Å². The van der Waals surface area contributed by atoms with Crippen molar-refractivity contribution in [3.05, 3.63) is 101 Å². The van der Waals surface area contributed by atoms with Gasteiger partial charge in [0.15, 0.2) is 34.6 Å². The lowest BCUT2D eigenvalue weighted by molar-refractivity contribution is 0.0943. The minimum absolute atomic E-state index is 0.0781. The van der Waals surface area contributed by atoms with Crippen LogP contribution < -0.4 is 18.9 Å². The molecule has 2 aliphatic heterocycles. The summed E-state index contributed by atoms with van der Waals surface area (Å²) in [5, 5.41) is 5.61. The van der Waals surface area contributed by atoms with Gasteiger partial charge in [-0.2, -0.15) is 5.10 Å². The summed E-state index contributed by atoms with van der Waals surface area (Å²) >= 11 is 0. The molecule has 5 heterocycles. The van der Waals surface area contributed by atoms with Crippen molar-refractivity contribution in [3.8, 4) is 39.8 Å².